The number of carbonyl (C=O) groups excluding carboxylic acids is 2. The molecule has 1 aliphatic rings. The highest BCUT2D eigenvalue weighted by atomic mass is 35.5. The summed E-state index contributed by atoms with van der Waals surface area (Å²) in [5, 5.41) is 3.91. The highest BCUT2D eigenvalue weighted by Gasteiger charge is 2.36. The highest BCUT2D eigenvalue weighted by molar-refractivity contribution is 6.34. The first-order valence-corrected chi connectivity index (χ1v) is 8.33. The van der Waals surface area contributed by atoms with Crippen LogP contribution in [0.4, 0.5) is 11.4 Å². The number of carbonyl (C=O) groups is 2. The maximum absolute atomic E-state index is 12.5. The molecule has 2 aromatic rings. The van der Waals surface area contributed by atoms with Crippen LogP contribution in [0.2, 0.25) is 10.0 Å². The average molecular weight is 363 g/mol. The molecule has 2 aromatic carbocycles. The van der Waals surface area contributed by atoms with E-state index in [1.807, 2.05) is 19.1 Å². The van der Waals surface area contributed by atoms with Crippen LogP contribution in [-0.4, -0.2) is 18.4 Å². The van der Waals surface area contributed by atoms with Crippen LogP contribution in [0, 0.1) is 12.8 Å². The second kappa shape index (κ2) is 6.83. The van der Waals surface area contributed by atoms with Crippen LogP contribution in [-0.2, 0) is 9.59 Å². The monoisotopic (exact) mass is 362 g/mol. The Labute approximate surface area is 150 Å². The summed E-state index contributed by atoms with van der Waals surface area (Å²) < 4.78 is 0. The molecule has 0 bridgehead atoms. The third kappa shape index (κ3) is 3.40. The number of rotatable bonds is 3. The molecule has 1 heterocycles. The van der Waals surface area contributed by atoms with Gasteiger partial charge in [-0.05, 0) is 36.8 Å². The average Bonchev–Trinajstić information content (AvgIpc) is 2.93. The number of benzene rings is 2. The van der Waals surface area contributed by atoms with E-state index in [1.54, 1.807) is 35.2 Å². The molecule has 0 aliphatic carbocycles. The van der Waals surface area contributed by atoms with Crippen molar-refractivity contribution in [2.75, 3.05) is 16.8 Å². The lowest BCUT2D eigenvalue weighted by Gasteiger charge is -2.18. The predicted molar refractivity (Wildman–Crippen MR) is 96.7 cm³/mol. The number of amides is 2. The minimum absolute atomic E-state index is 0.105. The lowest BCUT2D eigenvalue weighted by atomic mass is 10.1. The molecule has 6 heteroatoms. The summed E-state index contributed by atoms with van der Waals surface area (Å²) >= 11 is 12.1. The van der Waals surface area contributed by atoms with Crippen molar-refractivity contribution in [1.82, 2.24) is 0 Å². The third-order valence-electron chi connectivity index (χ3n) is 4.10. The molecule has 3 rings (SSSR count). The van der Waals surface area contributed by atoms with Crippen molar-refractivity contribution in [3.63, 3.8) is 0 Å². The van der Waals surface area contributed by atoms with E-state index < -0.39 is 5.92 Å². The van der Waals surface area contributed by atoms with E-state index in [2.05, 4.69) is 5.32 Å². The Kier molecular flexibility index (Phi) is 4.78. The van der Waals surface area contributed by atoms with Gasteiger partial charge in [-0.25, -0.2) is 0 Å². The molecule has 0 radical (unpaired) electrons. The van der Waals surface area contributed by atoms with Gasteiger partial charge in [-0.2, -0.15) is 0 Å². The second-order valence-corrected chi connectivity index (χ2v) is 6.65. The van der Waals surface area contributed by atoms with E-state index >= 15 is 0 Å². The number of halogens is 2. The molecule has 0 aromatic heterocycles. The van der Waals surface area contributed by atoms with Gasteiger partial charge in [0.2, 0.25) is 11.8 Å². The molecular formula is C18H16Cl2N2O2. The zero-order valence-electron chi connectivity index (χ0n) is 13.1. The summed E-state index contributed by atoms with van der Waals surface area (Å²) in [7, 11) is 0. The SMILES string of the molecule is Cc1ccc(Cl)cc1NC(=O)[C@H]1CC(=O)N(c2ccccc2Cl)C1. The van der Waals surface area contributed by atoms with Gasteiger partial charge in [0.1, 0.15) is 0 Å². The quantitative estimate of drug-likeness (QED) is 0.884. The van der Waals surface area contributed by atoms with Gasteiger partial charge in [-0.15, -0.1) is 0 Å². The van der Waals surface area contributed by atoms with Gasteiger partial charge >= 0.3 is 0 Å². The van der Waals surface area contributed by atoms with Crippen molar-refractivity contribution in [2.45, 2.75) is 13.3 Å². The van der Waals surface area contributed by atoms with Crippen molar-refractivity contribution in [3.05, 3.63) is 58.1 Å². The first-order chi connectivity index (χ1) is 11.5. The van der Waals surface area contributed by atoms with Crippen LogP contribution in [0.15, 0.2) is 42.5 Å². The van der Waals surface area contributed by atoms with E-state index in [0.29, 0.717) is 28.0 Å². The second-order valence-electron chi connectivity index (χ2n) is 5.81. The van der Waals surface area contributed by atoms with E-state index in [1.165, 1.54) is 0 Å². The standard InChI is InChI=1S/C18H16Cl2N2O2/c1-11-6-7-13(19)9-15(11)21-18(24)12-8-17(23)22(10-12)16-5-3-2-4-14(16)20/h2-7,9,12H,8,10H2,1H3,(H,21,24)/t12-/m0/s1. The summed E-state index contributed by atoms with van der Waals surface area (Å²) in [6, 6.07) is 12.4. The first kappa shape index (κ1) is 16.8. The zero-order chi connectivity index (χ0) is 17.3. The lowest BCUT2D eigenvalue weighted by molar-refractivity contribution is -0.122. The Morgan fingerprint density at radius 2 is 1.96 bits per heavy atom. The summed E-state index contributed by atoms with van der Waals surface area (Å²) in [5.41, 5.74) is 2.22. The van der Waals surface area contributed by atoms with Crippen molar-refractivity contribution < 1.29 is 9.59 Å². The Balaban J connectivity index is 1.75. The predicted octanol–water partition coefficient (Wildman–Crippen LogP) is 4.29. The Morgan fingerprint density at radius 1 is 1.21 bits per heavy atom. The molecule has 4 nitrogen and oxygen atoms in total. The van der Waals surface area contributed by atoms with E-state index in [9.17, 15) is 9.59 Å². The fourth-order valence-electron chi connectivity index (χ4n) is 2.75. The molecule has 0 spiro atoms. The van der Waals surface area contributed by atoms with Gasteiger partial charge in [0.25, 0.3) is 0 Å². The van der Waals surface area contributed by atoms with Crippen LogP contribution in [0.3, 0.4) is 0 Å². The summed E-state index contributed by atoms with van der Waals surface area (Å²) in [4.78, 5) is 26.4. The van der Waals surface area contributed by atoms with E-state index in [-0.39, 0.29) is 18.2 Å². The van der Waals surface area contributed by atoms with Gasteiger partial charge < -0.3 is 10.2 Å². The Morgan fingerprint density at radius 3 is 2.71 bits per heavy atom. The van der Waals surface area contributed by atoms with Crippen molar-refractivity contribution in [2.24, 2.45) is 5.92 Å². The smallest absolute Gasteiger partial charge is 0.229 e. The fourth-order valence-corrected chi connectivity index (χ4v) is 3.16. The largest absolute Gasteiger partial charge is 0.325 e. The number of hydrogen-bond donors (Lipinski definition) is 1. The molecule has 1 atom stereocenters. The molecule has 1 fully saturated rings. The van der Waals surface area contributed by atoms with E-state index in [0.717, 1.165) is 5.56 Å². The molecule has 1 aliphatic heterocycles. The Bertz CT molecular complexity index is 807. The molecular weight excluding hydrogens is 347 g/mol. The number of nitrogens with zero attached hydrogens (tertiary/aromatic N) is 1. The van der Waals surface area contributed by atoms with Crippen LogP contribution < -0.4 is 10.2 Å². The maximum atomic E-state index is 12.5. The topological polar surface area (TPSA) is 49.4 Å². The number of anilines is 2. The number of para-hydroxylation sites is 1. The number of nitrogens with one attached hydrogen (secondary N) is 1. The highest BCUT2D eigenvalue weighted by Crippen LogP contribution is 2.31. The fraction of sp³-hybridized carbons (Fsp3) is 0.222. The molecule has 24 heavy (non-hydrogen) atoms. The van der Waals surface area contributed by atoms with Crippen molar-refractivity contribution in [3.8, 4) is 0 Å². The zero-order valence-corrected chi connectivity index (χ0v) is 14.6. The summed E-state index contributed by atoms with van der Waals surface area (Å²) in [5.74, 6) is -0.721. The van der Waals surface area contributed by atoms with Crippen molar-refractivity contribution >= 4 is 46.4 Å². The van der Waals surface area contributed by atoms with Gasteiger partial charge in [0, 0.05) is 23.7 Å². The minimum Gasteiger partial charge on any atom is -0.325 e. The maximum Gasteiger partial charge on any atom is 0.229 e. The summed E-state index contributed by atoms with van der Waals surface area (Å²) in [6.07, 6.45) is 0.163. The lowest BCUT2D eigenvalue weighted by Crippen LogP contribution is -2.28. The van der Waals surface area contributed by atoms with Gasteiger partial charge in [-0.3, -0.25) is 9.59 Å². The van der Waals surface area contributed by atoms with Crippen LogP contribution in [0.25, 0.3) is 0 Å². The first-order valence-electron chi connectivity index (χ1n) is 7.57. The molecule has 124 valence electrons. The number of hydrogen-bond acceptors (Lipinski definition) is 2. The Hall–Kier alpha value is -2.04. The van der Waals surface area contributed by atoms with Crippen LogP contribution in [0.1, 0.15) is 12.0 Å². The minimum atomic E-state index is -0.424. The molecule has 1 N–H and O–H groups in total. The van der Waals surface area contributed by atoms with Crippen LogP contribution >= 0.6 is 23.2 Å². The molecule has 2 amide bonds. The van der Waals surface area contributed by atoms with Gasteiger partial charge in [0.05, 0.1) is 16.6 Å². The summed E-state index contributed by atoms with van der Waals surface area (Å²) in [6.45, 7) is 2.20. The van der Waals surface area contributed by atoms with Crippen LogP contribution in [0.5, 0.6) is 0 Å². The normalized spacial score (nSPS) is 17.2. The molecule has 0 saturated carbocycles. The van der Waals surface area contributed by atoms with E-state index in [4.69, 9.17) is 23.2 Å². The third-order valence-corrected chi connectivity index (χ3v) is 4.65. The van der Waals surface area contributed by atoms with Gasteiger partial charge in [-0.1, -0.05) is 41.4 Å². The van der Waals surface area contributed by atoms with Gasteiger partial charge in [0.15, 0.2) is 0 Å². The number of aryl methyl sites for hydroxylation is 1. The molecule has 1 saturated heterocycles. The molecule has 0 unspecified atom stereocenters. The van der Waals surface area contributed by atoms with Crippen molar-refractivity contribution in [1.29, 1.82) is 0 Å².